The normalized spacial score (nSPS) is 14.8. The summed E-state index contributed by atoms with van der Waals surface area (Å²) in [5.41, 5.74) is 31.2. The van der Waals surface area contributed by atoms with Gasteiger partial charge in [0.25, 0.3) is 0 Å². The van der Waals surface area contributed by atoms with Crippen molar-refractivity contribution in [3.05, 3.63) is 493 Å². The highest BCUT2D eigenvalue weighted by Gasteiger charge is 2.53. The maximum absolute atomic E-state index is 7.07. The topological polar surface area (TPSA) is 70.9 Å². The van der Waals surface area contributed by atoms with E-state index in [1.165, 1.54) is 120 Å². The molecule has 9 nitrogen and oxygen atoms in total. The van der Waals surface area contributed by atoms with Gasteiger partial charge in [-0.25, -0.2) is 4.98 Å². The molecule has 5 aromatic heterocycles. The maximum Gasteiger partial charge on any atom is 0.238 e. The Morgan fingerprint density at radius 3 is 1.20 bits per heavy atom. The molecule has 19 aromatic carbocycles. The monoisotopic (exact) mass is 1660 g/mol. The lowest BCUT2D eigenvalue weighted by Crippen LogP contribution is -2.37. The van der Waals surface area contributed by atoms with Gasteiger partial charge < -0.3 is 23.3 Å². The summed E-state index contributed by atoms with van der Waals surface area (Å²) in [6.07, 6.45) is 0. The second kappa shape index (κ2) is 28.4. The van der Waals surface area contributed by atoms with Crippen LogP contribution in [0.5, 0.6) is 11.5 Å². The molecule has 2 atom stereocenters. The maximum atomic E-state index is 7.07. The molecule has 0 radical (unpaired) electrons. The van der Waals surface area contributed by atoms with Gasteiger partial charge in [-0.05, 0) is 165 Å². The van der Waals surface area contributed by atoms with E-state index in [1.54, 1.807) is 0 Å². The van der Waals surface area contributed by atoms with Crippen molar-refractivity contribution in [1.82, 2.24) is 33.2 Å². The van der Waals surface area contributed by atoms with Gasteiger partial charge in [0.2, 0.25) is 5.95 Å². The Labute approximate surface area is 747 Å². The third-order valence-electron chi connectivity index (χ3n) is 27.4. The van der Waals surface area contributed by atoms with Gasteiger partial charge in [0.1, 0.15) is 11.5 Å². The van der Waals surface area contributed by atoms with E-state index < -0.39 is 10.8 Å². The van der Waals surface area contributed by atoms with Crippen LogP contribution in [0.3, 0.4) is 0 Å². The average molecular weight is 1660 g/mol. The molecule has 2 spiro atoms. The van der Waals surface area contributed by atoms with Crippen LogP contribution in [0, 0.1) is 0 Å². The minimum Gasteiger partial charge on any atom is -0.457 e. The summed E-state index contributed by atoms with van der Waals surface area (Å²) in [5, 5.41) is 9.67. The summed E-state index contributed by atoms with van der Waals surface area (Å²) in [4.78, 5) is 20.7. The summed E-state index contributed by atoms with van der Waals surface area (Å²) in [6.45, 7) is 0. The van der Waals surface area contributed by atoms with Gasteiger partial charge in [-0.1, -0.05) is 351 Å². The number of fused-ring (bicyclic) bond motifs is 29. The number of ether oxygens (including phenoxy) is 1. The number of rotatable bonds is 9. The zero-order valence-corrected chi connectivity index (χ0v) is 70.4. The molecule has 0 N–H and O–H groups in total. The number of benzene rings is 19. The summed E-state index contributed by atoms with van der Waals surface area (Å²) in [5.74, 6) is 3.58. The van der Waals surface area contributed by atoms with Crippen LogP contribution in [0.15, 0.2) is 459 Å². The van der Waals surface area contributed by atoms with E-state index in [4.69, 9.17) is 19.7 Å². The first-order chi connectivity index (χ1) is 64.0. The SMILES string of the molecule is c1ccc(-c2ccc(-c3nc(-c4ccccc4)nc(-n4c5ccccc5c5ccc6c(c54)Sc4ccccc4C64c5ccccc5-n5c6ccccc6c6cccc4c65)n3)cc2)cc1.c1ccc(-c2ccc(N(c3ccccc3)c3ccc(-n4c5ccccc5c5cc6c(cc54)C4(c5ccccc5O6)c5ccccc5-n5c6ccccc6c6cccc4c65)cc3)cc2)cc1. The molecule has 0 bridgehead atoms. The number of anilines is 3. The molecule has 0 saturated heterocycles. The first kappa shape index (κ1) is 72.8. The van der Waals surface area contributed by atoms with Crippen molar-refractivity contribution in [3.8, 4) is 79.5 Å². The van der Waals surface area contributed by atoms with Crippen molar-refractivity contribution in [3.63, 3.8) is 0 Å². The molecular formula is C119H74N8OS. The molecule has 28 rings (SSSR count). The second-order valence-electron chi connectivity index (χ2n) is 33.9. The van der Waals surface area contributed by atoms with E-state index in [0.29, 0.717) is 17.6 Å². The van der Waals surface area contributed by atoms with Crippen molar-refractivity contribution in [1.29, 1.82) is 0 Å². The lowest BCUT2D eigenvalue weighted by Gasteiger charge is -2.45. The van der Waals surface area contributed by atoms with Crippen LogP contribution >= 0.6 is 11.8 Å². The van der Waals surface area contributed by atoms with E-state index >= 15 is 0 Å². The van der Waals surface area contributed by atoms with Crippen LogP contribution in [-0.4, -0.2) is 33.2 Å². The fourth-order valence-electron chi connectivity index (χ4n) is 22.1. The molecule has 602 valence electrons. The largest absolute Gasteiger partial charge is 0.457 e. The lowest BCUT2D eigenvalue weighted by molar-refractivity contribution is 0.435. The fraction of sp³-hybridized carbons (Fsp3) is 0.0168. The van der Waals surface area contributed by atoms with Crippen molar-refractivity contribution in [2.75, 3.05) is 4.90 Å². The quantitative estimate of drug-likeness (QED) is 0.143. The summed E-state index contributed by atoms with van der Waals surface area (Å²) >= 11 is 1.86. The number of hydrogen-bond donors (Lipinski definition) is 0. The Kier molecular flexibility index (Phi) is 16.0. The average Bonchev–Trinajstić information content (AvgIpc) is 1.58. The van der Waals surface area contributed by atoms with Gasteiger partial charge in [-0.2, -0.15) is 9.97 Å². The molecule has 9 heterocycles. The van der Waals surface area contributed by atoms with Gasteiger partial charge in [0, 0.05) is 97.9 Å². The molecule has 4 aliphatic rings. The van der Waals surface area contributed by atoms with Crippen molar-refractivity contribution >= 4 is 116 Å². The van der Waals surface area contributed by atoms with Crippen molar-refractivity contribution < 1.29 is 4.74 Å². The number of hydrogen-bond acceptors (Lipinski definition) is 6. The number of aromatic nitrogens is 7. The molecule has 10 heteroatoms. The van der Waals surface area contributed by atoms with E-state index in [2.05, 4.69) is 448 Å². The highest BCUT2D eigenvalue weighted by molar-refractivity contribution is 7.99. The van der Waals surface area contributed by atoms with Crippen LogP contribution in [0.1, 0.15) is 44.5 Å². The van der Waals surface area contributed by atoms with Crippen LogP contribution in [0.4, 0.5) is 17.1 Å². The van der Waals surface area contributed by atoms with Gasteiger partial charge in [-0.3, -0.25) is 4.57 Å². The van der Waals surface area contributed by atoms with Crippen LogP contribution in [0.2, 0.25) is 0 Å². The third kappa shape index (κ3) is 10.6. The molecule has 2 unspecified atom stereocenters. The van der Waals surface area contributed by atoms with Crippen LogP contribution in [0.25, 0.3) is 155 Å². The zero-order chi connectivity index (χ0) is 84.6. The van der Waals surface area contributed by atoms with Crippen molar-refractivity contribution in [2.24, 2.45) is 0 Å². The molecular weight excluding hydrogens is 1590 g/mol. The van der Waals surface area contributed by atoms with Gasteiger partial charge >= 0.3 is 0 Å². The molecule has 0 aliphatic carbocycles. The predicted molar refractivity (Wildman–Crippen MR) is 528 cm³/mol. The predicted octanol–water partition coefficient (Wildman–Crippen LogP) is 30.0. The van der Waals surface area contributed by atoms with E-state index in [1.807, 2.05) is 36.0 Å². The Morgan fingerprint density at radius 1 is 0.233 bits per heavy atom. The molecule has 24 aromatic rings. The smallest absolute Gasteiger partial charge is 0.238 e. The summed E-state index contributed by atoms with van der Waals surface area (Å²) in [7, 11) is 0. The standard InChI is InChI=1S/C61H39N3O.C58H35N5S/c1-3-16-40(17-4-1)41-30-32-43(33-31-41)62(42-18-5-2-6-19-42)44-34-36-45(37-35-44)63-54-26-11-8-21-47(54)49-38-59-53(39-57(49)63)61(51-24-10-14-29-58(51)65-59)50-23-9-13-28-56(50)64-55-27-12-7-20-46(55)48-22-15-25-52(61)60(48)64;1-3-16-36(17-4-1)37-30-32-39(33-31-37)56-59-55(38-18-5-2-6-19-38)60-57(61-56)63-49-27-12-8-21-41(49)43-34-35-47-54(53(43)63)64-51-29-14-10-24-45(51)58(47)44-23-9-13-28-50(44)62-48-26-11-7-20-40(48)42-22-15-25-46(58)52(42)62/h1-39H;1-35H. The van der Waals surface area contributed by atoms with Gasteiger partial charge in [-0.15, -0.1) is 0 Å². The Morgan fingerprint density at radius 2 is 0.628 bits per heavy atom. The molecule has 0 saturated carbocycles. The Hall–Kier alpha value is -16.7. The number of para-hydroxylation sites is 10. The van der Waals surface area contributed by atoms with Gasteiger partial charge in [0.05, 0.1) is 66.3 Å². The fourth-order valence-corrected chi connectivity index (χ4v) is 23.4. The van der Waals surface area contributed by atoms with E-state index in [-0.39, 0.29) is 0 Å². The third-order valence-corrected chi connectivity index (χ3v) is 28.6. The summed E-state index contributed by atoms with van der Waals surface area (Å²) < 4.78 is 16.8. The lowest BCUT2D eigenvalue weighted by atomic mass is 9.61. The molecule has 129 heavy (non-hydrogen) atoms. The van der Waals surface area contributed by atoms with Gasteiger partial charge in [0.15, 0.2) is 11.6 Å². The first-order valence-electron chi connectivity index (χ1n) is 44.0. The minimum atomic E-state index is -0.670. The first-order valence-corrected chi connectivity index (χ1v) is 44.9. The summed E-state index contributed by atoms with van der Waals surface area (Å²) in [6, 6.07) is 163. The highest BCUT2D eigenvalue weighted by atomic mass is 32.2. The highest BCUT2D eigenvalue weighted by Crippen LogP contribution is 2.65. The molecule has 0 amide bonds. The van der Waals surface area contributed by atoms with E-state index in [9.17, 15) is 0 Å². The van der Waals surface area contributed by atoms with Crippen LogP contribution < -0.4 is 9.64 Å². The Bertz CT molecular complexity index is 8740. The molecule has 4 aliphatic heterocycles. The van der Waals surface area contributed by atoms with E-state index in [0.717, 1.165) is 100 Å². The number of nitrogens with zero attached hydrogens (tertiary/aromatic N) is 8. The second-order valence-corrected chi connectivity index (χ2v) is 35.0. The van der Waals surface area contributed by atoms with Crippen LogP contribution in [-0.2, 0) is 10.8 Å². The Balaban J connectivity index is 0.000000133. The minimum absolute atomic E-state index is 0.579. The zero-order valence-electron chi connectivity index (χ0n) is 69.6. The molecule has 0 fully saturated rings. The van der Waals surface area contributed by atoms with Crippen molar-refractivity contribution in [2.45, 2.75) is 20.6 Å².